The summed E-state index contributed by atoms with van der Waals surface area (Å²) in [6.07, 6.45) is 1.65. The normalized spacial score (nSPS) is 11.1. The SMILES string of the molecule is OCCNc1nnc(-c2ccc3[nH]ncc3c2Nc2ccc(I)cc2F)o1. The number of aromatic amines is 1. The summed E-state index contributed by atoms with van der Waals surface area (Å²) in [6.45, 7) is 0.235. The average Bonchev–Trinajstić information content (AvgIpc) is 3.31. The molecule has 0 aliphatic heterocycles. The second-order valence-corrected chi connectivity index (χ2v) is 6.88. The summed E-state index contributed by atoms with van der Waals surface area (Å²) >= 11 is 2.06. The van der Waals surface area contributed by atoms with Crippen LogP contribution in [0.3, 0.4) is 0 Å². The number of H-pyrrole nitrogens is 1. The summed E-state index contributed by atoms with van der Waals surface area (Å²) in [5.74, 6) is -0.115. The lowest BCUT2D eigenvalue weighted by Gasteiger charge is -2.12. The fourth-order valence-corrected chi connectivity index (χ4v) is 3.08. The van der Waals surface area contributed by atoms with Crippen LogP contribution in [0.4, 0.5) is 21.8 Å². The molecule has 0 aliphatic rings. The summed E-state index contributed by atoms with van der Waals surface area (Å²) in [7, 11) is 0. The Labute approximate surface area is 166 Å². The number of fused-ring (bicyclic) bond motifs is 1. The van der Waals surface area contributed by atoms with E-state index in [1.165, 1.54) is 6.07 Å². The second kappa shape index (κ2) is 7.48. The molecule has 2 heterocycles. The van der Waals surface area contributed by atoms with Crippen molar-refractivity contribution in [1.82, 2.24) is 20.4 Å². The van der Waals surface area contributed by atoms with Crippen LogP contribution in [-0.4, -0.2) is 38.7 Å². The Balaban J connectivity index is 1.79. The molecule has 2 aromatic carbocycles. The minimum Gasteiger partial charge on any atom is -0.403 e. The number of nitrogens with one attached hydrogen (secondary N) is 3. The van der Waals surface area contributed by atoms with Crippen molar-refractivity contribution in [2.45, 2.75) is 0 Å². The van der Waals surface area contributed by atoms with Crippen LogP contribution < -0.4 is 10.6 Å². The zero-order chi connectivity index (χ0) is 18.8. The standard InChI is InChI=1S/C17H14FIN6O2/c18-12-7-9(19)1-3-14(12)22-15-10(2-4-13-11(15)8-21-23-13)16-24-25-17(27-16)20-5-6-26/h1-4,7-8,22,26H,5-6H2,(H,20,25)(H,21,23). The van der Waals surface area contributed by atoms with E-state index >= 15 is 0 Å². The molecule has 4 rings (SSSR count). The van der Waals surface area contributed by atoms with Gasteiger partial charge in [0.1, 0.15) is 5.82 Å². The van der Waals surface area contributed by atoms with Gasteiger partial charge in [-0.2, -0.15) is 5.10 Å². The molecule has 27 heavy (non-hydrogen) atoms. The Morgan fingerprint density at radius 1 is 1.22 bits per heavy atom. The van der Waals surface area contributed by atoms with Crippen LogP contribution in [0.5, 0.6) is 0 Å². The van der Waals surface area contributed by atoms with Crippen molar-refractivity contribution >= 4 is 50.9 Å². The molecule has 0 saturated carbocycles. The van der Waals surface area contributed by atoms with Gasteiger partial charge in [0.2, 0.25) is 0 Å². The number of rotatable bonds is 6. The topological polar surface area (TPSA) is 112 Å². The van der Waals surface area contributed by atoms with Crippen LogP contribution >= 0.6 is 22.6 Å². The number of anilines is 3. The van der Waals surface area contributed by atoms with Crippen molar-refractivity contribution in [2.75, 3.05) is 23.8 Å². The van der Waals surface area contributed by atoms with Gasteiger partial charge >= 0.3 is 6.01 Å². The molecule has 4 aromatic rings. The van der Waals surface area contributed by atoms with Gasteiger partial charge in [-0.15, -0.1) is 5.10 Å². The van der Waals surface area contributed by atoms with Gasteiger partial charge in [0, 0.05) is 15.5 Å². The van der Waals surface area contributed by atoms with E-state index in [1.54, 1.807) is 18.3 Å². The molecule has 138 valence electrons. The van der Waals surface area contributed by atoms with E-state index in [0.717, 1.165) is 14.5 Å². The first kappa shape index (κ1) is 17.7. The minimum atomic E-state index is -0.371. The highest BCUT2D eigenvalue weighted by Gasteiger charge is 2.18. The Morgan fingerprint density at radius 2 is 2.11 bits per heavy atom. The molecule has 0 amide bonds. The third kappa shape index (κ3) is 3.57. The van der Waals surface area contributed by atoms with Crippen molar-refractivity contribution in [3.05, 3.63) is 45.9 Å². The molecule has 0 saturated heterocycles. The maximum absolute atomic E-state index is 14.4. The van der Waals surface area contributed by atoms with Gasteiger partial charge in [-0.1, -0.05) is 5.10 Å². The predicted molar refractivity (Wildman–Crippen MR) is 107 cm³/mol. The minimum absolute atomic E-state index is 0.0580. The molecule has 0 fully saturated rings. The second-order valence-electron chi connectivity index (χ2n) is 5.63. The van der Waals surface area contributed by atoms with Gasteiger partial charge in [0.25, 0.3) is 5.89 Å². The molecule has 2 aromatic heterocycles. The number of aliphatic hydroxyl groups excluding tert-OH is 1. The molecule has 0 spiro atoms. The van der Waals surface area contributed by atoms with Crippen molar-refractivity contribution in [3.63, 3.8) is 0 Å². The lowest BCUT2D eigenvalue weighted by Crippen LogP contribution is -2.05. The van der Waals surface area contributed by atoms with E-state index in [4.69, 9.17) is 9.52 Å². The molecule has 0 radical (unpaired) electrons. The summed E-state index contributed by atoms with van der Waals surface area (Å²) in [5.41, 5.74) is 2.30. The van der Waals surface area contributed by atoms with Crippen LogP contribution in [0.15, 0.2) is 40.9 Å². The van der Waals surface area contributed by atoms with E-state index in [2.05, 4.69) is 53.6 Å². The highest BCUT2D eigenvalue weighted by molar-refractivity contribution is 14.1. The molecular weight excluding hydrogens is 466 g/mol. The fourth-order valence-electron chi connectivity index (χ4n) is 2.62. The summed E-state index contributed by atoms with van der Waals surface area (Å²) in [4.78, 5) is 0. The van der Waals surface area contributed by atoms with Crippen molar-refractivity contribution < 1.29 is 13.9 Å². The summed E-state index contributed by atoms with van der Waals surface area (Å²) in [6, 6.07) is 8.74. The summed E-state index contributed by atoms with van der Waals surface area (Å²) in [5, 5.41) is 30.5. The zero-order valence-electron chi connectivity index (χ0n) is 13.8. The number of nitrogens with zero attached hydrogens (tertiary/aromatic N) is 3. The van der Waals surface area contributed by atoms with Gasteiger partial charge in [-0.3, -0.25) is 5.10 Å². The molecular formula is C17H14FIN6O2. The molecule has 10 heteroatoms. The highest BCUT2D eigenvalue weighted by atomic mass is 127. The molecule has 4 N–H and O–H groups in total. The number of aromatic nitrogens is 4. The first-order valence-corrected chi connectivity index (χ1v) is 9.10. The molecule has 0 atom stereocenters. The van der Waals surface area contributed by atoms with Crippen molar-refractivity contribution in [3.8, 4) is 11.5 Å². The Morgan fingerprint density at radius 3 is 2.93 bits per heavy atom. The Bertz CT molecular complexity index is 1100. The van der Waals surface area contributed by atoms with Gasteiger partial charge in [0.05, 0.1) is 35.3 Å². The van der Waals surface area contributed by atoms with Crippen LogP contribution in [-0.2, 0) is 0 Å². The predicted octanol–water partition coefficient (Wildman–Crippen LogP) is 3.50. The highest BCUT2D eigenvalue weighted by Crippen LogP contribution is 2.36. The third-order valence-corrected chi connectivity index (χ3v) is 4.53. The van der Waals surface area contributed by atoms with Crippen LogP contribution in [0.25, 0.3) is 22.4 Å². The van der Waals surface area contributed by atoms with E-state index in [0.29, 0.717) is 23.5 Å². The number of benzene rings is 2. The lowest BCUT2D eigenvalue weighted by atomic mass is 10.1. The summed E-state index contributed by atoms with van der Waals surface area (Å²) < 4.78 is 20.8. The van der Waals surface area contributed by atoms with Crippen molar-refractivity contribution in [1.29, 1.82) is 0 Å². The smallest absolute Gasteiger partial charge is 0.315 e. The quantitative estimate of drug-likeness (QED) is 0.313. The van der Waals surface area contributed by atoms with Crippen LogP contribution in [0.1, 0.15) is 0 Å². The number of hydrogen-bond donors (Lipinski definition) is 4. The fraction of sp³-hybridized carbons (Fsp3) is 0.118. The van der Waals surface area contributed by atoms with Gasteiger partial charge < -0.3 is 20.2 Å². The van der Waals surface area contributed by atoms with Gasteiger partial charge in [0.15, 0.2) is 0 Å². The van der Waals surface area contributed by atoms with Crippen LogP contribution in [0, 0.1) is 9.39 Å². The molecule has 8 nitrogen and oxygen atoms in total. The zero-order valence-corrected chi connectivity index (χ0v) is 16.0. The van der Waals surface area contributed by atoms with Gasteiger partial charge in [-0.05, 0) is 52.9 Å². The first-order valence-electron chi connectivity index (χ1n) is 8.02. The molecule has 0 bridgehead atoms. The van der Waals surface area contributed by atoms with E-state index < -0.39 is 0 Å². The first-order chi connectivity index (χ1) is 13.2. The lowest BCUT2D eigenvalue weighted by molar-refractivity contribution is 0.309. The largest absolute Gasteiger partial charge is 0.403 e. The molecule has 0 unspecified atom stereocenters. The maximum Gasteiger partial charge on any atom is 0.315 e. The maximum atomic E-state index is 14.4. The van der Waals surface area contributed by atoms with Crippen molar-refractivity contribution in [2.24, 2.45) is 0 Å². The molecule has 0 aliphatic carbocycles. The number of hydrogen-bond acceptors (Lipinski definition) is 7. The van der Waals surface area contributed by atoms with E-state index in [1.807, 2.05) is 12.1 Å². The van der Waals surface area contributed by atoms with Gasteiger partial charge in [-0.25, -0.2) is 4.39 Å². The van der Waals surface area contributed by atoms with E-state index in [-0.39, 0.29) is 24.3 Å². The average molecular weight is 480 g/mol. The Hall–Kier alpha value is -2.73. The Kier molecular flexibility index (Phi) is 4.90. The monoisotopic (exact) mass is 480 g/mol. The number of aliphatic hydroxyl groups is 1. The van der Waals surface area contributed by atoms with Crippen LogP contribution in [0.2, 0.25) is 0 Å². The third-order valence-electron chi connectivity index (χ3n) is 3.86. The van der Waals surface area contributed by atoms with E-state index in [9.17, 15) is 4.39 Å². The number of halogens is 2.